The molecule has 1 aliphatic rings. The Balaban J connectivity index is 1.93. The first kappa shape index (κ1) is 13.1. The van der Waals surface area contributed by atoms with Crippen molar-refractivity contribution in [3.05, 3.63) is 30.3 Å². The van der Waals surface area contributed by atoms with Crippen LogP contribution >= 0.6 is 0 Å². The molecule has 2 rings (SSSR count). The summed E-state index contributed by atoms with van der Waals surface area (Å²) in [6.07, 6.45) is 0. The number of para-hydroxylation sites is 1. The lowest BCUT2D eigenvalue weighted by Crippen LogP contribution is -2.27. The summed E-state index contributed by atoms with van der Waals surface area (Å²) in [6, 6.07) is 7.80. The molecule has 0 saturated carbocycles. The van der Waals surface area contributed by atoms with Crippen LogP contribution in [0, 0.1) is 0 Å². The minimum absolute atomic E-state index is 0.00828. The average Bonchev–Trinajstić information content (AvgIpc) is 2.79. The predicted molar refractivity (Wildman–Crippen MR) is 65.9 cm³/mol. The fourth-order valence-electron chi connectivity index (χ4n) is 1.49. The Morgan fingerprint density at radius 2 is 2.11 bits per heavy atom. The number of benzene rings is 1. The zero-order valence-corrected chi connectivity index (χ0v) is 10.4. The highest BCUT2D eigenvalue weighted by Gasteiger charge is 2.36. The molecule has 0 aromatic heterocycles. The van der Waals surface area contributed by atoms with E-state index in [0.717, 1.165) is 0 Å². The second-order valence-corrected chi connectivity index (χ2v) is 3.70. The summed E-state index contributed by atoms with van der Waals surface area (Å²) in [5.41, 5.74) is 0. The highest BCUT2D eigenvalue weighted by atomic mass is 16.6. The highest BCUT2D eigenvalue weighted by Crippen LogP contribution is 2.12. The van der Waals surface area contributed by atoms with Crippen LogP contribution in [0.2, 0.25) is 0 Å². The highest BCUT2D eigenvalue weighted by molar-refractivity contribution is 6.09. The lowest BCUT2D eigenvalue weighted by Gasteiger charge is -2.03. The summed E-state index contributed by atoms with van der Waals surface area (Å²) >= 11 is 0. The Kier molecular flexibility index (Phi) is 4.12. The van der Waals surface area contributed by atoms with Gasteiger partial charge in [0.05, 0.1) is 6.61 Å². The number of esters is 2. The first-order valence-corrected chi connectivity index (χ1v) is 5.83. The summed E-state index contributed by atoms with van der Waals surface area (Å²) in [4.78, 5) is 26.7. The number of cyclic esters (lactones) is 1. The van der Waals surface area contributed by atoms with Gasteiger partial charge < -0.3 is 14.2 Å². The molecule has 0 radical (unpaired) electrons. The first-order valence-electron chi connectivity index (χ1n) is 5.83. The van der Waals surface area contributed by atoms with Gasteiger partial charge in [0.2, 0.25) is 11.9 Å². The molecular formula is C13H13NO5. The summed E-state index contributed by atoms with van der Waals surface area (Å²) in [6.45, 7) is 1.83. The molecule has 1 aromatic rings. The van der Waals surface area contributed by atoms with Crippen molar-refractivity contribution in [3.63, 3.8) is 0 Å². The molecule has 0 fully saturated rings. The standard InChI is InChI=1S/C13H13NO5/c1-2-17-12(15)11-13(16)19-10(14-11)8-18-9-6-4-3-5-7-9/h3-7,11H,2,8H2,1H3. The lowest BCUT2D eigenvalue weighted by atomic mass is 10.3. The smallest absolute Gasteiger partial charge is 0.349 e. The number of hydrogen-bond donors (Lipinski definition) is 0. The zero-order valence-electron chi connectivity index (χ0n) is 10.4. The fourth-order valence-corrected chi connectivity index (χ4v) is 1.49. The lowest BCUT2D eigenvalue weighted by molar-refractivity contribution is -0.151. The second kappa shape index (κ2) is 5.99. The van der Waals surface area contributed by atoms with E-state index in [1.54, 1.807) is 19.1 Å². The summed E-state index contributed by atoms with van der Waals surface area (Å²) in [5, 5.41) is 0. The third-order valence-electron chi connectivity index (χ3n) is 2.33. The largest absolute Gasteiger partial charge is 0.484 e. The number of rotatable bonds is 5. The first-order chi connectivity index (χ1) is 9.20. The van der Waals surface area contributed by atoms with Gasteiger partial charge in [0, 0.05) is 0 Å². The molecule has 1 unspecified atom stereocenters. The van der Waals surface area contributed by atoms with E-state index in [2.05, 4.69) is 4.99 Å². The quantitative estimate of drug-likeness (QED) is 0.584. The number of carbonyl (C=O) groups excluding carboxylic acids is 2. The topological polar surface area (TPSA) is 74.2 Å². The maximum atomic E-state index is 11.4. The minimum Gasteiger partial charge on any atom is -0.484 e. The van der Waals surface area contributed by atoms with Gasteiger partial charge in [-0.25, -0.2) is 14.6 Å². The van der Waals surface area contributed by atoms with Crippen LogP contribution in [-0.2, 0) is 19.1 Å². The van der Waals surface area contributed by atoms with Crippen molar-refractivity contribution in [2.75, 3.05) is 13.2 Å². The van der Waals surface area contributed by atoms with Gasteiger partial charge in [-0.1, -0.05) is 18.2 Å². The molecule has 1 atom stereocenters. The normalized spacial score (nSPS) is 17.6. The Hall–Kier alpha value is -2.37. The average molecular weight is 263 g/mol. The number of carbonyl (C=O) groups is 2. The van der Waals surface area contributed by atoms with Crippen molar-refractivity contribution in [3.8, 4) is 5.75 Å². The van der Waals surface area contributed by atoms with E-state index in [0.29, 0.717) is 5.75 Å². The van der Waals surface area contributed by atoms with Gasteiger partial charge in [0.1, 0.15) is 5.75 Å². The van der Waals surface area contributed by atoms with Crippen molar-refractivity contribution < 1.29 is 23.8 Å². The fraction of sp³-hybridized carbons (Fsp3) is 0.308. The predicted octanol–water partition coefficient (Wildman–Crippen LogP) is 0.952. The maximum Gasteiger partial charge on any atom is 0.349 e. The van der Waals surface area contributed by atoms with Gasteiger partial charge in [-0.3, -0.25) is 0 Å². The molecular weight excluding hydrogens is 250 g/mol. The monoisotopic (exact) mass is 263 g/mol. The Morgan fingerprint density at radius 3 is 2.79 bits per heavy atom. The molecule has 0 amide bonds. The Labute approximate surface area is 110 Å². The molecule has 0 spiro atoms. The molecule has 19 heavy (non-hydrogen) atoms. The van der Waals surface area contributed by atoms with Crippen LogP contribution in [0.3, 0.4) is 0 Å². The molecule has 1 aliphatic heterocycles. The minimum atomic E-state index is -1.23. The van der Waals surface area contributed by atoms with Crippen molar-refractivity contribution in [1.29, 1.82) is 0 Å². The molecule has 0 bridgehead atoms. The third kappa shape index (κ3) is 3.31. The van der Waals surface area contributed by atoms with E-state index in [1.807, 2.05) is 18.2 Å². The molecule has 6 heteroatoms. The number of ether oxygens (including phenoxy) is 3. The van der Waals surface area contributed by atoms with Gasteiger partial charge in [-0.2, -0.15) is 0 Å². The van der Waals surface area contributed by atoms with E-state index >= 15 is 0 Å². The SMILES string of the molecule is CCOC(=O)C1N=C(COc2ccccc2)OC1=O. The molecule has 1 heterocycles. The third-order valence-corrected chi connectivity index (χ3v) is 2.33. The summed E-state index contributed by atoms with van der Waals surface area (Å²) in [5.74, 6) is -0.736. The van der Waals surface area contributed by atoms with Crippen LogP contribution in [0.4, 0.5) is 0 Å². The van der Waals surface area contributed by atoms with Gasteiger partial charge in [0.25, 0.3) is 0 Å². The van der Waals surface area contributed by atoms with Crippen LogP contribution in [0.1, 0.15) is 6.92 Å². The molecule has 1 aromatic carbocycles. The summed E-state index contributed by atoms with van der Waals surface area (Å²) < 4.78 is 14.9. The van der Waals surface area contributed by atoms with Gasteiger partial charge in [0.15, 0.2) is 6.61 Å². The van der Waals surface area contributed by atoms with Gasteiger partial charge >= 0.3 is 11.9 Å². The van der Waals surface area contributed by atoms with Crippen LogP contribution < -0.4 is 4.74 Å². The van der Waals surface area contributed by atoms with Crippen LogP contribution in [0.15, 0.2) is 35.3 Å². The van der Waals surface area contributed by atoms with Gasteiger partial charge in [-0.05, 0) is 19.1 Å². The van der Waals surface area contributed by atoms with Crippen molar-refractivity contribution in [2.24, 2.45) is 4.99 Å². The van der Waals surface area contributed by atoms with E-state index in [9.17, 15) is 9.59 Å². The second-order valence-electron chi connectivity index (χ2n) is 3.70. The van der Waals surface area contributed by atoms with Crippen LogP contribution in [0.5, 0.6) is 5.75 Å². The van der Waals surface area contributed by atoms with Crippen molar-refractivity contribution >= 4 is 17.8 Å². The van der Waals surface area contributed by atoms with Crippen LogP contribution in [0.25, 0.3) is 0 Å². The van der Waals surface area contributed by atoms with Gasteiger partial charge in [-0.15, -0.1) is 0 Å². The van der Waals surface area contributed by atoms with E-state index in [4.69, 9.17) is 14.2 Å². The molecule has 0 saturated heterocycles. The number of aliphatic imine (C=N–C) groups is 1. The molecule has 0 aliphatic carbocycles. The Morgan fingerprint density at radius 1 is 1.37 bits per heavy atom. The molecule has 6 nitrogen and oxygen atoms in total. The number of nitrogens with zero attached hydrogens (tertiary/aromatic N) is 1. The van der Waals surface area contributed by atoms with Crippen molar-refractivity contribution in [1.82, 2.24) is 0 Å². The van der Waals surface area contributed by atoms with E-state index < -0.39 is 18.0 Å². The maximum absolute atomic E-state index is 11.4. The zero-order chi connectivity index (χ0) is 13.7. The van der Waals surface area contributed by atoms with Crippen molar-refractivity contribution in [2.45, 2.75) is 13.0 Å². The van der Waals surface area contributed by atoms with Crippen LogP contribution in [-0.4, -0.2) is 37.1 Å². The number of hydrogen-bond acceptors (Lipinski definition) is 6. The van der Waals surface area contributed by atoms with E-state index in [1.165, 1.54) is 0 Å². The molecule has 100 valence electrons. The molecule has 0 N–H and O–H groups in total. The van der Waals surface area contributed by atoms with E-state index in [-0.39, 0.29) is 19.1 Å². The summed E-state index contributed by atoms with van der Waals surface area (Å²) in [7, 11) is 0. The Bertz CT molecular complexity index is 497.